The molecule has 1 heterocycles. The van der Waals surface area contributed by atoms with Gasteiger partial charge in [0.1, 0.15) is 0 Å². The zero-order chi connectivity index (χ0) is 10.1. The van der Waals surface area contributed by atoms with Crippen molar-refractivity contribution < 1.29 is 13.2 Å². The van der Waals surface area contributed by atoms with E-state index >= 15 is 0 Å². The van der Waals surface area contributed by atoms with Crippen molar-refractivity contribution in [1.82, 2.24) is 4.98 Å². The zero-order valence-corrected chi connectivity index (χ0v) is 7.98. The lowest BCUT2D eigenvalue weighted by Crippen LogP contribution is -2.12. The van der Waals surface area contributed by atoms with E-state index in [1.54, 1.807) is 0 Å². The van der Waals surface area contributed by atoms with Crippen molar-refractivity contribution >= 4 is 15.9 Å². The van der Waals surface area contributed by atoms with Gasteiger partial charge in [0.2, 0.25) is 0 Å². The summed E-state index contributed by atoms with van der Waals surface area (Å²) in [6.45, 7) is -0.00361. The van der Waals surface area contributed by atoms with Gasteiger partial charge in [0.25, 0.3) is 0 Å². The normalized spacial score (nSPS) is 11.8. The van der Waals surface area contributed by atoms with Gasteiger partial charge in [0, 0.05) is 11.0 Å². The molecule has 2 nitrogen and oxygen atoms in total. The summed E-state index contributed by atoms with van der Waals surface area (Å²) >= 11 is 2.77. The number of nitrogens with two attached hydrogens (primary N) is 1. The van der Waals surface area contributed by atoms with Gasteiger partial charge in [-0.05, 0) is 28.1 Å². The molecule has 0 aliphatic rings. The molecule has 0 atom stereocenters. The number of aromatic nitrogens is 1. The third kappa shape index (κ3) is 2.41. The second-order valence-corrected chi connectivity index (χ2v) is 3.19. The first kappa shape index (κ1) is 10.5. The van der Waals surface area contributed by atoms with Crippen LogP contribution in [0.5, 0.6) is 0 Å². The maximum Gasteiger partial charge on any atom is 0.434 e. The van der Waals surface area contributed by atoms with Crippen molar-refractivity contribution in [3.8, 4) is 0 Å². The molecule has 0 aromatic carbocycles. The van der Waals surface area contributed by atoms with Crippen LogP contribution in [0.25, 0.3) is 0 Å². The Labute approximate surface area is 81.1 Å². The summed E-state index contributed by atoms with van der Waals surface area (Å²) in [4.78, 5) is 3.37. The molecule has 0 saturated heterocycles. The summed E-state index contributed by atoms with van der Waals surface area (Å²) in [5, 5.41) is 0. The quantitative estimate of drug-likeness (QED) is 0.836. The Balaban J connectivity index is 3.19. The third-order valence-corrected chi connectivity index (χ3v) is 2.02. The van der Waals surface area contributed by atoms with Gasteiger partial charge >= 0.3 is 6.18 Å². The smallest absolute Gasteiger partial charge is 0.325 e. The van der Waals surface area contributed by atoms with Crippen LogP contribution < -0.4 is 5.73 Å². The average molecular weight is 255 g/mol. The fourth-order valence-electron chi connectivity index (χ4n) is 0.795. The summed E-state index contributed by atoms with van der Waals surface area (Å²) in [5.41, 5.74) is 4.45. The van der Waals surface area contributed by atoms with Crippen molar-refractivity contribution in [3.63, 3.8) is 0 Å². The van der Waals surface area contributed by atoms with E-state index in [0.29, 0.717) is 0 Å². The van der Waals surface area contributed by atoms with Gasteiger partial charge in [0.05, 0.1) is 5.69 Å². The monoisotopic (exact) mass is 254 g/mol. The van der Waals surface area contributed by atoms with E-state index in [1.807, 2.05) is 0 Å². The minimum atomic E-state index is -4.44. The number of halogens is 4. The van der Waals surface area contributed by atoms with Crippen molar-refractivity contribution in [3.05, 3.63) is 28.0 Å². The molecule has 2 N–H and O–H groups in total. The maximum absolute atomic E-state index is 12.2. The minimum Gasteiger partial charge on any atom is -0.325 e. The molecule has 72 valence electrons. The van der Waals surface area contributed by atoms with Crippen LogP contribution in [0, 0.1) is 0 Å². The molecule has 0 bridgehead atoms. The molecule has 1 aromatic heterocycles. The Hall–Kier alpha value is -0.620. The molecule has 0 spiro atoms. The van der Waals surface area contributed by atoms with Gasteiger partial charge in [0.15, 0.2) is 5.69 Å². The van der Waals surface area contributed by atoms with Crippen LogP contribution in [0.3, 0.4) is 0 Å². The number of hydrogen-bond donors (Lipinski definition) is 1. The fourth-order valence-corrected chi connectivity index (χ4v) is 1.24. The highest BCUT2D eigenvalue weighted by molar-refractivity contribution is 9.10. The van der Waals surface area contributed by atoms with E-state index in [4.69, 9.17) is 5.73 Å². The largest absolute Gasteiger partial charge is 0.434 e. The van der Waals surface area contributed by atoms with Crippen LogP contribution in [0.1, 0.15) is 11.4 Å². The molecule has 0 aliphatic carbocycles. The van der Waals surface area contributed by atoms with Crippen LogP contribution in [-0.2, 0) is 12.7 Å². The highest BCUT2D eigenvalue weighted by atomic mass is 79.9. The zero-order valence-electron chi connectivity index (χ0n) is 6.40. The fraction of sp³-hybridized carbons (Fsp3) is 0.286. The van der Waals surface area contributed by atoms with E-state index in [-0.39, 0.29) is 16.7 Å². The molecule has 1 rings (SSSR count). The van der Waals surface area contributed by atoms with E-state index in [9.17, 15) is 13.2 Å². The number of nitrogens with zero attached hydrogens (tertiary/aromatic N) is 1. The molecule has 0 unspecified atom stereocenters. The van der Waals surface area contributed by atoms with E-state index in [0.717, 1.165) is 0 Å². The van der Waals surface area contributed by atoms with Crippen LogP contribution in [0.15, 0.2) is 16.6 Å². The Bertz CT molecular complexity index is 311. The molecule has 1 aromatic rings. The molecular formula is C7H6BrF3N2. The molecule has 0 aliphatic heterocycles. The Morgan fingerprint density at radius 3 is 2.46 bits per heavy atom. The van der Waals surface area contributed by atoms with Crippen LogP contribution >= 0.6 is 15.9 Å². The summed E-state index contributed by atoms with van der Waals surface area (Å²) in [6.07, 6.45) is -4.44. The Morgan fingerprint density at radius 2 is 2.00 bits per heavy atom. The molecule has 0 amide bonds. The van der Waals surface area contributed by atoms with Gasteiger partial charge in [-0.2, -0.15) is 13.2 Å². The van der Waals surface area contributed by atoms with Gasteiger partial charge < -0.3 is 5.73 Å². The minimum absolute atomic E-state index is 0.00361. The summed E-state index contributed by atoms with van der Waals surface area (Å²) < 4.78 is 36.6. The molecular weight excluding hydrogens is 249 g/mol. The van der Waals surface area contributed by atoms with Crippen molar-refractivity contribution in [2.45, 2.75) is 12.7 Å². The topological polar surface area (TPSA) is 38.9 Å². The summed E-state index contributed by atoms with van der Waals surface area (Å²) in [7, 11) is 0. The molecule has 0 fully saturated rings. The average Bonchev–Trinajstić information content (AvgIpc) is 2.03. The Kier molecular flexibility index (Phi) is 2.92. The third-order valence-electron chi connectivity index (χ3n) is 1.38. The molecule has 13 heavy (non-hydrogen) atoms. The van der Waals surface area contributed by atoms with Gasteiger partial charge in [-0.25, -0.2) is 4.98 Å². The van der Waals surface area contributed by atoms with Crippen molar-refractivity contribution in [1.29, 1.82) is 0 Å². The van der Waals surface area contributed by atoms with E-state index < -0.39 is 11.9 Å². The van der Waals surface area contributed by atoms with Crippen LogP contribution in [-0.4, -0.2) is 4.98 Å². The van der Waals surface area contributed by atoms with Gasteiger partial charge in [-0.15, -0.1) is 0 Å². The lowest BCUT2D eigenvalue weighted by Gasteiger charge is -2.08. The van der Waals surface area contributed by atoms with E-state index in [2.05, 4.69) is 20.9 Å². The van der Waals surface area contributed by atoms with Crippen molar-refractivity contribution in [2.75, 3.05) is 0 Å². The summed E-state index contributed by atoms with van der Waals surface area (Å²) in [5.74, 6) is 0. The second-order valence-electron chi connectivity index (χ2n) is 2.33. The number of alkyl halides is 3. The van der Waals surface area contributed by atoms with Crippen LogP contribution in [0.2, 0.25) is 0 Å². The first-order valence-electron chi connectivity index (χ1n) is 3.38. The van der Waals surface area contributed by atoms with E-state index in [1.165, 1.54) is 12.1 Å². The lowest BCUT2D eigenvalue weighted by atomic mass is 10.3. The number of rotatable bonds is 1. The highest BCUT2D eigenvalue weighted by Crippen LogP contribution is 2.33. The highest BCUT2D eigenvalue weighted by Gasteiger charge is 2.35. The van der Waals surface area contributed by atoms with Crippen molar-refractivity contribution in [2.24, 2.45) is 5.73 Å². The van der Waals surface area contributed by atoms with Crippen LogP contribution in [0.4, 0.5) is 13.2 Å². The first-order chi connectivity index (χ1) is 5.95. The second kappa shape index (κ2) is 3.63. The number of hydrogen-bond acceptors (Lipinski definition) is 2. The standard InChI is InChI=1S/C7H6BrF3N2/c8-5-2-1-4(3-12)13-6(5)7(9,10)11/h1-2H,3,12H2. The summed E-state index contributed by atoms with van der Waals surface area (Å²) in [6, 6.07) is 2.73. The Morgan fingerprint density at radius 1 is 1.38 bits per heavy atom. The molecule has 6 heteroatoms. The predicted molar refractivity (Wildman–Crippen MR) is 44.8 cm³/mol. The maximum atomic E-state index is 12.2. The SMILES string of the molecule is NCc1ccc(Br)c(C(F)(F)F)n1. The molecule has 0 radical (unpaired) electrons. The first-order valence-corrected chi connectivity index (χ1v) is 4.17. The van der Waals surface area contributed by atoms with Gasteiger partial charge in [-0.3, -0.25) is 0 Å². The molecule has 0 saturated carbocycles. The predicted octanol–water partition coefficient (Wildman–Crippen LogP) is 2.32. The lowest BCUT2D eigenvalue weighted by molar-refractivity contribution is -0.141. The number of pyridine rings is 1. The van der Waals surface area contributed by atoms with Gasteiger partial charge in [-0.1, -0.05) is 0 Å².